The lowest BCUT2D eigenvalue weighted by Crippen LogP contribution is -2.14. The van der Waals surface area contributed by atoms with Gasteiger partial charge in [-0.05, 0) is 48.7 Å². The number of benzene rings is 2. The van der Waals surface area contributed by atoms with E-state index in [-0.39, 0.29) is 11.7 Å². The monoisotopic (exact) mass is 430 g/mol. The maximum atomic E-state index is 12.2. The topological polar surface area (TPSA) is 69.0 Å². The molecule has 0 saturated heterocycles. The lowest BCUT2D eigenvalue weighted by atomic mass is 10.2. The van der Waals surface area contributed by atoms with E-state index in [4.69, 9.17) is 16.3 Å². The molecule has 152 valence electrons. The molecule has 3 rings (SSSR count). The number of hydrogen-bond donors (Lipinski definition) is 1. The minimum Gasteiger partial charge on any atom is -0.486 e. The minimum absolute atomic E-state index is 0.133. The molecule has 1 N–H and O–H groups in total. The number of thioether (sulfide) groups is 1. The maximum absolute atomic E-state index is 12.2. The molecule has 0 aliphatic heterocycles. The third kappa shape index (κ3) is 5.74. The van der Waals surface area contributed by atoms with Crippen LogP contribution in [0.3, 0.4) is 0 Å². The van der Waals surface area contributed by atoms with E-state index in [0.717, 1.165) is 17.7 Å². The van der Waals surface area contributed by atoms with Gasteiger partial charge in [0.1, 0.15) is 12.4 Å². The number of anilines is 1. The fraction of sp³-hybridized carbons (Fsp3) is 0.286. The molecule has 0 bridgehead atoms. The van der Waals surface area contributed by atoms with E-state index in [1.165, 1.54) is 17.3 Å². The smallest absolute Gasteiger partial charge is 0.234 e. The van der Waals surface area contributed by atoms with Gasteiger partial charge in [-0.3, -0.25) is 4.79 Å². The second kappa shape index (κ2) is 9.80. The van der Waals surface area contributed by atoms with E-state index < -0.39 is 0 Å². The zero-order valence-electron chi connectivity index (χ0n) is 16.6. The minimum atomic E-state index is -0.133. The van der Waals surface area contributed by atoms with Crippen LogP contribution in [0, 0.1) is 6.92 Å². The molecular formula is C21H23ClN4O2S. The van der Waals surface area contributed by atoms with Crippen LogP contribution in [-0.4, -0.2) is 26.4 Å². The third-order valence-corrected chi connectivity index (χ3v) is 5.84. The zero-order valence-corrected chi connectivity index (χ0v) is 18.2. The first kappa shape index (κ1) is 21.2. The second-order valence-electron chi connectivity index (χ2n) is 6.54. The highest BCUT2D eigenvalue weighted by Gasteiger charge is 2.12. The highest BCUT2D eigenvalue weighted by molar-refractivity contribution is 7.99. The molecule has 1 amide bonds. The molecule has 6 nitrogen and oxygen atoms in total. The molecule has 0 aliphatic carbocycles. The third-order valence-electron chi connectivity index (χ3n) is 4.41. The van der Waals surface area contributed by atoms with Gasteiger partial charge in [-0.1, -0.05) is 48.5 Å². The van der Waals surface area contributed by atoms with E-state index in [0.29, 0.717) is 28.3 Å². The van der Waals surface area contributed by atoms with Crippen LogP contribution in [0.2, 0.25) is 5.02 Å². The van der Waals surface area contributed by atoms with Crippen LogP contribution in [0.15, 0.2) is 47.6 Å². The molecule has 1 heterocycles. The number of nitrogens with one attached hydrogen (secondary N) is 1. The van der Waals surface area contributed by atoms with Crippen LogP contribution in [0.5, 0.6) is 5.75 Å². The highest BCUT2D eigenvalue weighted by Crippen LogP contribution is 2.21. The van der Waals surface area contributed by atoms with Gasteiger partial charge in [0.2, 0.25) is 5.91 Å². The Morgan fingerprint density at radius 1 is 1.21 bits per heavy atom. The fourth-order valence-corrected chi connectivity index (χ4v) is 3.47. The molecule has 0 aliphatic rings. The Morgan fingerprint density at radius 2 is 1.97 bits per heavy atom. The van der Waals surface area contributed by atoms with Gasteiger partial charge in [-0.2, -0.15) is 0 Å². The van der Waals surface area contributed by atoms with E-state index in [2.05, 4.69) is 22.4 Å². The lowest BCUT2D eigenvalue weighted by Gasteiger charge is -2.08. The van der Waals surface area contributed by atoms with Crippen molar-refractivity contribution in [3.05, 3.63) is 64.4 Å². The van der Waals surface area contributed by atoms with Crippen molar-refractivity contribution in [2.45, 2.75) is 32.0 Å². The van der Waals surface area contributed by atoms with Crippen LogP contribution in [-0.2, 0) is 24.9 Å². The van der Waals surface area contributed by atoms with Gasteiger partial charge in [-0.25, -0.2) is 0 Å². The van der Waals surface area contributed by atoms with Gasteiger partial charge in [0.25, 0.3) is 0 Å². The van der Waals surface area contributed by atoms with Crippen LogP contribution in [0.1, 0.15) is 23.9 Å². The Bertz CT molecular complexity index is 989. The molecule has 8 heteroatoms. The second-order valence-corrected chi connectivity index (χ2v) is 7.89. The molecule has 29 heavy (non-hydrogen) atoms. The summed E-state index contributed by atoms with van der Waals surface area (Å²) in [5.41, 5.74) is 2.91. The predicted octanol–water partition coefficient (Wildman–Crippen LogP) is 4.65. The summed E-state index contributed by atoms with van der Waals surface area (Å²) in [6.45, 7) is 4.34. The Hall–Kier alpha value is -2.51. The number of nitrogens with zero attached hydrogens (tertiary/aromatic N) is 3. The number of carbonyl (C=O) groups is 1. The molecule has 1 aromatic heterocycles. The molecular weight excluding hydrogens is 408 g/mol. The molecule has 0 atom stereocenters. The largest absolute Gasteiger partial charge is 0.486 e. The Balaban J connectivity index is 1.52. The predicted molar refractivity (Wildman–Crippen MR) is 117 cm³/mol. The van der Waals surface area contributed by atoms with Crippen molar-refractivity contribution in [1.29, 1.82) is 0 Å². The van der Waals surface area contributed by atoms with E-state index in [1.807, 2.05) is 54.9 Å². The Labute approximate surface area is 179 Å². The van der Waals surface area contributed by atoms with Crippen molar-refractivity contribution >= 4 is 35.0 Å². The first-order valence-corrected chi connectivity index (χ1v) is 10.6. The van der Waals surface area contributed by atoms with Crippen LogP contribution >= 0.6 is 23.4 Å². The summed E-state index contributed by atoms with van der Waals surface area (Å²) in [6.07, 6.45) is 0.995. The molecule has 0 spiro atoms. The number of amides is 1. The molecule has 0 radical (unpaired) electrons. The number of ether oxygens (including phenoxy) is 1. The van der Waals surface area contributed by atoms with Crippen molar-refractivity contribution in [1.82, 2.24) is 14.8 Å². The maximum Gasteiger partial charge on any atom is 0.234 e. The molecule has 2 aromatic carbocycles. The summed E-state index contributed by atoms with van der Waals surface area (Å²) in [5.74, 6) is 1.57. The molecule has 0 unspecified atom stereocenters. The number of rotatable bonds is 8. The average Bonchev–Trinajstić information content (AvgIpc) is 3.07. The van der Waals surface area contributed by atoms with E-state index in [1.54, 1.807) is 6.07 Å². The number of hydrogen-bond acceptors (Lipinski definition) is 5. The van der Waals surface area contributed by atoms with Gasteiger partial charge in [-0.15, -0.1) is 10.2 Å². The van der Waals surface area contributed by atoms with E-state index >= 15 is 0 Å². The fourth-order valence-electron chi connectivity index (χ4n) is 2.56. The van der Waals surface area contributed by atoms with Crippen LogP contribution in [0.25, 0.3) is 0 Å². The van der Waals surface area contributed by atoms with E-state index in [9.17, 15) is 4.79 Å². The van der Waals surface area contributed by atoms with Crippen molar-refractivity contribution in [2.24, 2.45) is 7.05 Å². The van der Waals surface area contributed by atoms with Crippen molar-refractivity contribution in [3.8, 4) is 5.75 Å². The Kier molecular flexibility index (Phi) is 7.17. The number of halogens is 1. The van der Waals surface area contributed by atoms with Gasteiger partial charge >= 0.3 is 0 Å². The van der Waals surface area contributed by atoms with Gasteiger partial charge in [0.05, 0.1) is 5.75 Å². The number of aromatic nitrogens is 3. The number of carbonyl (C=O) groups excluding carboxylic acids is 1. The summed E-state index contributed by atoms with van der Waals surface area (Å²) >= 11 is 7.41. The van der Waals surface area contributed by atoms with Gasteiger partial charge < -0.3 is 14.6 Å². The zero-order chi connectivity index (χ0) is 20.8. The first-order chi connectivity index (χ1) is 14.0. The quantitative estimate of drug-likeness (QED) is 0.527. The van der Waals surface area contributed by atoms with Crippen LogP contribution in [0.4, 0.5) is 5.69 Å². The van der Waals surface area contributed by atoms with Gasteiger partial charge in [0.15, 0.2) is 11.0 Å². The van der Waals surface area contributed by atoms with Crippen molar-refractivity contribution in [3.63, 3.8) is 0 Å². The molecule has 0 saturated carbocycles. The van der Waals surface area contributed by atoms with Gasteiger partial charge in [0, 0.05) is 17.8 Å². The Morgan fingerprint density at radius 3 is 2.66 bits per heavy atom. The SMILES string of the molecule is CCc1ccc(OCc2nnc(SCC(=O)Nc3ccc(C)c(Cl)c3)n2C)cc1. The summed E-state index contributed by atoms with van der Waals surface area (Å²) in [7, 11) is 1.86. The normalized spacial score (nSPS) is 10.8. The van der Waals surface area contributed by atoms with Crippen molar-refractivity contribution in [2.75, 3.05) is 11.1 Å². The summed E-state index contributed by atoms with van der Waals surface area (Å²) in [4.78, 5) is 12.2. The standard InChI is InChI=1S/C21H23ClN4O2S/c1-4-15-6-9-17(10-7-15)28-12-19-24-25-21(26(19)3)29-13-20(27)23-16-8-5-14(2)18(22)11-16/h5-11H,4,12-13H2,1-3H3,(H,23,27). The first-order valence-electron chi connectivity index (χ1n) is 9.25. The lowest BCUT2D eigenvalue weighted by molar-refractivity contribution is -0.113. The molecule has 0 fully saturated rings. The highest BCUT2D eigenvalue weighted by atomic mass is 35.5. The summed E-state index contributed by atoms with van der Waals surface area (Å²) in [5, 5.41) is 12.4. The summed E-state index contributed by atoms with van der Waals surface area (Å²) in [6, 6.07) is 13.4. The molecule has 3 aromatic rings. The number of aryl methyl sites for hydroxylation is 2. The average molecular weight is 431 g/mol. The van der Waals surface area contributed by atoms with Crippen molar-refractivity contribution < 1.29 is 9.53 Å². The summed E-state index contributed by atoms with van der Waals surface area (Å²) < 4.78 is 7.62. The van der Waals surface area contributed by atoms with Crippen LogP contribution < -0.4 is 10.1 Å².